The van der Waals surface area contributed by atoms with E-state index in [9.17, 15) is 0 Å². The predicted molar refractivity (Wildman–Crippen MR) is 65.4 cm³/mol. The van der Waals surface area contributed by atoms with Crippen LogP contribution in [0.3, 0.4) is 0 Å². The van der Waals surface area contributed by atoms with Gasteiger partial charge in [-0.05, 0) is 47.8 Å². The Labute approximate surface area is 90.6 Å². The molecule has 0 aliphatic heterocycles. The fourth-order valence-corrected chi connectivity index (χ4v) is 1.98. The van der Waals surface area contributed by atoms with Gasteiger partial charge in [-0.15, -0.1) is 0 Å². The Balaban J connectivity index is 2.47. The van der Waals surface area contributed by atoms with E-state index in [-0.39, 0.29) is 0 Å². The van der Waals surface area contributed by atoms with Gasteiger partial charge in [-0.3, -0.25) is 0 Å². The molecule has 0 saturated carbocycles. The lowest BCUT2D eigenvalue weighted by Crippen LogP contribution is -2.22. The highest BCUT2D eigenvalue weighted by atomic mass is 14.6. The van der Waals surface area contributed by atoms with Crippen molar-refractivity contribution in [3.8, 4) is 0 Å². The highest BCUT2D eigenvalue weighted by molar-refractivity contribution is 5.49. The molecule has 0 amide bonds. The average molecular weight is 199 g/mol. The van der Waals surface area contributed by atoms with E-state index in [4.69, 9.17) is 5.73 Å². The number of benzene rings is 1. The molecule has 0 spiro atoms. The molecule has 1 aliphatic carbocycles. The molecule has 0 radical (unpaired) electrons. The Morgan fingerprint density at radius 2 is 1.87 bits per heavy atom. The van der Waals surface area contributed by atoms with Gasteiger partial charge in [-0.25, -0.2) is 0 Å². The van der Waals surface area contributed by atoms with Crippen LogP contribution in [0.2, 0.25) is 0 Å². The maximum absolute atomic E-state index is 6.00. The molecule has 0 saturated heterocycles. The first-order valence-corrected chi connectivity index (χ1v) is 5.50. The van der Waals surface area contributed by atoms with E-state index in [0.29, 0.717) is 0 Å². The number of hydrogen-bond acceptors (Lipinski definition) is 1. The number of rotatable bonds is 1. The maximum atomic E-state index is 6.00. The third kappa shape index (κ3) is 2.30. The summed E-state index contributed by atoms with van der Waals surface area (Å²) in [6.45, 7) is 4.02. The second kappa shape index (κ2) is 4.35. The summed E-state index contributed by atoms with van der Waals surface area (Å²) >= 11 is 0. The van der Waals surface area contributed by atoms with Crippen molar-refractivity contribution in [2.75, 3.05) is 0 Å². The van der Waals surface area contributed by atoms with Crippen LogP contribution in [0.25, 0.3) is 12.7 Å². The second-order valence-corrected chi connectivity index (χ2v) is 4.10. The summed E-state index contributed by atoms with van der Waals surface area (Å²) in [5.41, 5.74) is 8.37. The molecule has 0 atom stereocenters. The summed E-state index contributed by atoms with van der Waals surface area (Å²) in [6.07, 6.45) is 6.84. The predicted octanol–water partition coefficient (Wildman–Crippen LogP) is 1.66. The standard InChI is InChI=1S/C14H17N/c1-11-6-2-3-7-12(11)10-13-8-4-5-9-14(13)15/h2-3,6-7,10H,1,4-5,8-9,15H2/b12-10-. The Hall–Kier alpha value is -1.50. The maximum Gasteiger partial charge on any atom is 0.0113 e. The molecule has 0 heterocycles. The highest BCUT2D eigenvalue weighted by Gasteiger charge is 2.06. The molecule has 1 aliphatic rings. The molecule has 0 unspecified atom stereocenters. The lowest BCUT2D eigenvalue weighted by atomic mass is 9.95. The Morgan fingerprint density at radius 1 is 1.13 bits per heavy atom. The van der Waals surface area contributed by atoms with Crippen LogP contribution in [-0.2, 0) is 0 Å². The fourth-order valence-electron chi connectivity index (χ4n) is 1.98. The second-order valence-electron chi connectivity index (χ2n) is 4.10. The van der Waals surface area contributed by atoms with Gasteiger partial charge >= 0.3 is 0 Å². The summed E-state index contributed by atoms with van der Waals surface area (Å²) in [5.74, 6) is 0. The van der Waals surface area contributed by atoms with Crippen molar-refractivity contribution in [2.45, 2.75) is 25.7 Å². The summed E-state index contributed by atoms with van der Waals surface area (Å²) in [5, 5.41) is 2.26. The van der Waals surface area contributed by atoms with Crippen LogP contribution in [-0.4, -0.2) is 0 Å². The smallest absolute Gasteiger partial charge is 0.0113 e. The molecule has 1 heteroatoms. The van der Waals surface area contributed by atoms with Gasteiger partial charge in [0.1, 0.15) is 0 Å². The van der Waals surface area contributed by atoms with E-state index >= 15 is 0 Å². The lowest BCUT2D eigenvalue weighted by Gasteiger charge is -2.14. The van der Waals surface area contributed by atoms with E-state index in [1.54, 1.807) is 0 Å². The van der Waals surface area contributed by atoms with Crippen LogP contribution < -0.4 is 16.2 Å². The topological polar surface area (TPSA) is 26.0 Å². The van der Waals surface area contributed by atoms with Gasteiger partial charge in [-0.1, -0.05) is 30.8 Å². The van der Waals surface area contributed by atoms with Crippen molar-refractivity contribution in [1.29, 1.82) is 0 Å². The van der Waals surface area contributed by atoms with Crippen molar-refractivity contribution in [2.24, 2.45) is 5.73 Å². The Bertz CT molecular complexity index is 482. The SMILES string of the molecule is C=c1cccc/c1=C/C1=C(N)CCCC1. The van der Waals surface area contributed by atoms with Crippen LogP contribution in [0.4, 0.5) is 0 Å². The third-order valence-electron chi connectivity index (χ3n) is 2.94. The molecule has 1 aromatic rings. The molecular formula is C14H17N. The molecular weight excluding hydrogens is 182 g/mol. The van der Waals surface area contributed by atoms with Gasteiger partial charge < -0.3 is 5.73 Å². The van der Waals surface area contributed by atoms with Gasteiger partial charge in [0, 0.05) is 5.70 Å². The molecule has 15 heavy (non-hydrogen) atoms. The van der Waals surface area contributed by atoms with Crippen LogP contribution in [0.15, 0.2) is 35.5 Å². The zero-order valence-corrected chi connectivity index (χ0v) is 9.00. The van der Waals surface area contributed by atoms with Crippen LogP contribution >= 0.6 is 0 Å². The zero-order chi connectivity index (χ0) is 10.7. The van der Waals surface area contributed by atoms with Crippen LogP contribution in [0.5, 0.6) is 0 Å². The minimum absolute atomic E-state index is 1.05. The van der Waals surface area contributed by atoms with Gasteiger partial charge in [0.05, 0.1) is 0 Å². The number of allylic oxidation sites excluding steroid dienone is 2. The van der Waals surface area contributed by atoms with E-state index < -0.39 is 0 Å². The van der Waals surface area contributed by atoms with Crippen LogP contribution in [0, 0.1) is 0 Å². The first-order chi connectivity index (χ1) is 7.27. The average Bonchev–Trinajstić information content (AvgIpc) is 2.24. The summed E-state index contributed by atoms with van der Waals surface area (Å²) in [6, 6.07) is 8.18. The van der Waals surface area contributed by atoms with Crippen LogP contribution in [0.1, 0.15) is 25.7 Å². The van der Waals surface area contributed by atoms with Crippen molar-refractivity contribution < 1.29 is 0 Å². The summed E-state index contributed by atoms with van der Waals surface area (Å²) in [4.78, 5) is 0. The number of hydrogen-bond donors (Lipinski definition) is 1. The van der Waals surface area contributed by atoms with Crippen molar-refractivity contribution in [1.82, 2.24) is 0 Å². The quantitative estimate of drug-likeness (QED) is 0.731. The van der Waals surface area contributed by atoms with E-state index in [1.807, 2.05) is 18.2 Å². The molecule has 2 N–H and O–H groups in total. The molecule has 78 valence electrons. The molecule has 0 fully saturated rings. The first-order valence-electron chi connectivity index (χ1n) is 5.50. The third-order valence-corrected chi connectivity index (χ3v) is 2.94. The van der Waals surface area contributed by atoms with Crippen molar-refractivity contribution in [3.05, 3.63) is 46.0 Å². The minimum Gasteiger partial charge on any atom is -0.402 e. The van der Waals surface area contributed by atoms with Gasteiger partial charge in [-0.2, -0.15) is 0 Å². The van der Waals surface area contributed by atoms with Crippen molar-refractivity contribution in [3.63, 3.8) is 0 Å². The van der Waals surface area contributed by atoms with E-state index in [0.717, 1.165) is 23.8 Å². The van der Waals surface area contributed by atoms with E-state index in [2.05, 4.69) is 18.7 Å². The molecule has 1 nitrogen and oxygen atoms in total. The van der Waals surface area contributed by atoms with Crippen molar-refractivity contribution >= 4 is 12.7 Å². The minimum atomic E-state index is 1.05. The fraction of sp³-hybridized carbons (Fsp3) is 0.286. The molecule has 1 aromatic carbocycles. The molecule has 0 bridgehead atoms. The zero-order valence-electron chi connectivity index (χ0n) is 9.00. The summed E-state index contributed by atoms with van der Waals surface area (Å²) < 4.78 is 0. The number of nitrogens with two attached hydrogens (primary N) is 1. The highest BCUT2D eigenvalue weighted by Crippen LogP contribution is 2.21. The van der Waals surface area contributed by atoms with Gasteiger partial charge in [0.15, 0.2) is 0 Å². The first kappa shape index (κ1) is 10.0. The largest absolute Gasteiger partial charge is 0.402 e. The van der Waals surface area contributed by atoms with E-state index in [1.165, 1.54) is 23.6 Å². The van der Waals surface area contributed by atoms with Gasteiger partial charge in [0.2, 0.25) is 0 Å². The monoisotopic (exact) mass is 199 g/mol. The molecule has 0 aromatic heterocycles. The molecule has 2 rings (SSSR count). The Kier molecular flexibility index (Phi) is 2.91. The van der Waals surface area contributed by atoms with Gasteiger partial charge in [0.25, 0.3) is 0 Å². The Morgan fingerprint density at radius 3 is 2.60 bits per heavy atom. The lowest BCUT2D eigenvalue weighted by molar-refractivity contribution is 0.682. The normalized spacial score (nSPS) is 18.3. The summed E-state index contributed by atoms with van der Waals surface area (Å²) in [7, 11) is 0.